The largest absolute Gasteiger partial charge is 0.396 e. The minimum absolute atomic E-state index is 0.0792. The summed E-state index contributed by atoms with van der Waals surface area (Å²) in [5.74, 6) is 0.687. The first-order chi connectivity index (χ1) is 8.65. The highest BCUT2D eigenvalue weighted by atomic mass is 16.2. The van der Waals surface area contributed by atoms with Crippen LogP contribution >= 0.6 is 0 Å². The van der Waals surface area contributed by atoms with Crippen molar-refractivity contribution < 1.29 is 9.90 Å². The average molecular weight is 251 g/mol. The summed E-state index contributed by atoms with van der Waals surface area (Å²) in [5, 5.41) is 11.5. The first kappa shape index (κ1) is 14.4. The van der Waals surface area contributed by atoms with Gasteiger partial charge < -0.3 is 15.3 Å². The van der Waals surface area contributed by atoms with Gasteiger partial charge in [0.1, 0.15) is 5.82 Å². The van der Waals surface area contributed by atoms with Gasteiger partial charge in [0.15, 0.2) is 0 Å². The van der Waals surface area contributed by atoms with E-state index in [9.17, 15) is 4.79 Å². The second-order valence-corrected chi connectivity index (χ2v) is 4.34. The van der Waals surface area contributed by atoms with E-state index in [1.165, 1.54) is 0 Å². The van der Waals surface area contributed by atoms with Gasteiger partial charge >= 0.3 is 0 Å². The Bertz CT molecular complexity index is 380. The van der Waals surface area contributed by atoms with Gasteiger partial charge in [0, 0.05) is 39.0 Å². The minimum Gasteiger partial charge on any atom is -0.396 e. The van der Waals surface area contributed by atoms with Crippen molar-refractivity contribution in [3.05, 3.63) is 23.9 Å². The lowest BCUT2D eigenvalue weighted by molar-refractivity contribution is 0.0953. The van der Waals surface area contributed by atoms with E-state index in [0.29, 0.717) is 12.1 Å². The van der Waals surface area contributed by atoms with Crippen molar-refractivity contribution >= 4 is 11.7 Å². The molecule has 1 aromatic rings. The van der Waals surface area contributed by atoms with E-state index in [1.54, 1.807) is 18.3 Å². The van der Waals surface area contributed by atoms with Crippen molar-refractivity contribution in [1.29, 1.82) is 0 Å². The number of aliphatic hydroxyl groups is 1. The number of aromatic nitrogens is 1. The average Bonchev–Trinajstić information content (AvgIpc) is 2.38. The second kappa shape index (κ2) is 7.66. The number of nitrogens with zero attached hydrogens (tertiary/aromatic N) is 2. The molecular weight excluding hydrogens is 230 g/mol. The molecule has 5 nitrogen and oxygen atoms in total. The summed E-state index contributed by atoms with van der Waals surface area (Å²) in [7, 11) is 3.78. The first-order valence-electron chi connectivity index (χ1n) is 6.17. The molecule has 0 aliphatic rings. The molecule has 1 amide bonds. The van der Waals surface area contributed by atoms with Crippen LogP contribution in [-0.2, 0) is 0 Å². The molecule has 0 saturated heterocycles. The van der Waals surface area contributed by atoms with Gasteiger partial charge in [-0.1, -0.05) is 0 Å². The minimum atomic E-state index is -0.0792. The molecule has 0 saturated carbocycles. The van der Waals surface area contributed by atoms with Crippen molar-refractivity contribution in [2.45, 2.75) is 19.3 Å². The van der Waals surface area contributed by atoms with E-state index in [2.05, 4.69) is 10.3 Å². The van der Waals surface area contributed by atoms with Gasteiger partial charge in [-0.2, -0.15) is 0 Å². The molecule has 18 heavy (non-hydrogen) atoms. The van der Waals surface area contributed by atoms with Gasteiger partial charge in [-0.3, -0.25) is 4.79 Å². The Labute approximate surface area is 108 Å². The summed E-state index contributed by atoms with van der Waals surface area (Å²) in [6.45, 7) is 0.850. The molecular formula is C13H21N3O2. The van der Waals surface area contributed by atoms with E-state index in [4.69, 9.17) is 5.11 Å². The van der Waals surface area contributed by atoms with Crippen molar-refractivity contribution in [3.8, 4) is 0 Å². The Morgan fingerprint density at radius 3 is 2.83 bits per heavy atom. The van der Waals surface area contributed by atoms with Crippen LogP contribution in [0.3, 0.4) is 0 Å². The Balaban J connectivity index is 2.44. The van der Waals surface area contributed by atoms with E-state index in [0.717, 1.165) is 25.1 Å². The summed E-state index contributed by atoms with van der Waals surface area (Å²) in [5.41, 5.74) is 0.621. The van der Waals surface area contributed by atoms with Crippen LogP contribution in [0.5, 0.6) is 0 Å². The maximum absolute atomic E-state index is 11.8. The summed E-state index contributed by atoms with van der Waals surface area (Å²) in [6.07, 6.45) is 4.24. The van der Waals surface area contributed by atoms with Crippen LogP contribution in [0.15, 0.2) is 18.3 Å². The standard InChI is InChI=1S/C13H21N3O2/c1-16(2)12-10-11(6-8-14-12)13(18)15-7-4-3-5-9-17/h6,8,10,17H,3-5,7,9H2,1-2H3,(H,15,18). The molecule has 2 N–H and O–H groups in total. The van der Waals surface area contributed by atoms with E-state index in [1.807, 2.05) is 19.0 Å². The monoisotopic (exact) mass is 251 g/mol. The molecule has 1 rings (SSSR count). The number of carbonyl (C=O) groups is 1. The van der Waals surface area contributed by atoms with Crippen molar-refractivity contribution in [3.63, 3.8) is 0 Å². The maximum Gasteiger partial charge on any atom is 0.251 e. The van der Waals surface area contributed by atoms with Crippen LogP contribution in [0.25, 0.3) is 0 Å². The molecule has 0 bridgehead atoms. The van der Waals surface area contributed by atoms with Gasteiger partial charge in [-0.15, -0.1) is 0 Å². The molecule has 0 fully saturated rings. The normalized spacial score (nSPS) is 10.2. The second-order valence-electron chi connectivity index (χ2n) is 4.34. The topological polar surface area (TPSA) is 65.5 Å². The van der Waals surface area contributed by atoms with Gasteiger partial charge in [0.25, 0.3) is 5.91 Å². The number of unbranched alkanes of at least 4 members (excludes halogenated alkanes) is 2. The van der Waals surface area contributed by atoms with Crippen molar-refractivity contribution in [1.82, 2.24) is 10.3 Å². The predicted octanol–water partition coefficient (Wildman–Crippen LogP) is 1.04. The number of pyridine rings is 1. The number of rotatable bonds is 7. The third-order valence-electron chi connectivity index (χ3n) is 2.59. The third kappa shape index (κ3) is 4.71. The van der Waals surface area contributed by atoms with Crippen LogP contribution in [0.4, 0.5) is 5.82 Å². The highest BCUT2D eigenvalue weighted by Gasteiger charge is 2.06. The number of amides is 1. The maximum atomic E-state index is 11.8. The molecule has 5 heteroatoms. The predicted molar refractivity (Wildman–Crippen MR) is 71.8 cm³/mol. The number of aliphatic hydroxyl groups excluding tert-OH is 1. The van der Waals surface area contributed by atoms with Crippen LogP contribution in [0.1, 0.15) is 29.6 Å². The Morgan fingerprint density at radius 2 is 2.17 bits per heavy atom. The Kier molecular flexibility index (Phi) is 6.14. The molecule has 0 unspecified atom stereocenters. The number of hydrogen-bond donors (Lipinski definition) is 2. The molecule has 0 atom stereocenters. The molecule has 100 valence electrons. The summed E-state index contributed by atoms with van der Waals surface area (Å²) in [6, 6.07) is 3.47. The highest BCUT2D eigenvalue weighted by molar-refractivity contribution is 5.94. The zero-order valence-electron chi connectivity index (χ0n) is 11.0. The fraction of sp³-hybridized carbons (Fsp3) is 0.538. The van der Waals surface area contributed by atoms with E-state index in [-0.39, 0.29) is 12.5 Å². The molecule has 0 aromatic carbocycles. The molecule has 0 radical (unpaired) electrons. The molecule has 1 heterocycles. The van der Waals surface area contributed by atoms with Gasteiger partial charge in [0.2, 0.25) is 0 Å². The van der Waals surface area contributed by atoms with Crippen molar-refractivity contribution in [2.24, 2.45) is 0 Å². The van der Waals surface area contributed by atoms with Crippen molar-refractivity contribution in [2.75, 3.05) is 32.1 Å². The number of anilines is 1. The fourth-order valence-electron chi connectivity index (χ4n) is 1.52. The molecule has 0 spiro atoms. The molecule has 0 aliphatic heterocycles. The number of carbonyl (C=O) groups excluding carboxylic acids is 1. The SMILES string of the molecule is CN(C)c1cc(C(=O)NCCCCCO)ccn1. The van der Waals surface area contributed by atoms with Gasteiger partial charge in [-0.05, 0) is 31.4 Å². The number of hydrogen-bond acceptors (Lipinski definition) is 4. The van der Waals surface area contributed by atoms with Crippen LogP contribution in [-0.4, -0.2) is 43.2 Å². The van der Waals surface area contributed by atoms with E-state index >= 15 is 0 Å². The highest BCUT2D eigenvalue weighted by Crippen LogP contribution is 2.09. The summed E-state index contributed by atoms with van der Waals surface area (Å²) < 4.78 is 0. The summed E-state index contributed by atoms with van der Waals surface area (Å²) >= 11 is 0. The number of nitrogens with one attached hydrogen (secondary N) is 1. The first-order valence-corrected chi connectivity index (χ1v) is 6.17. The quantitative estimate of drug-likeness (QED) is 0.711. The van der Waals surface area contributed by atoms with E-state index < -0.39 is 0 Å². The lowest BCUT2D eigenvalue weighted by atomic mass is 10.2. The van der Waals surface area contributed by atoms with Crippen LogP contribution in [0.2, 0.25) is 0 Å². The zero-order chi connectivity index (χ0) is 13.4. The van der Waals surface area contributed by atoms with Gasteiger partial charge in [-0.25, -0.2) is 4.98 Å². The summed E-state index contributed by atoms with van der Waals surface area (Å²) in [4.78, 5) is 17.9. The lowest BCUT2D eigenvalue weighted by Gasteiger charge is -2.12. The van der Waals surface area contributed by atoms with Crippen LogP contribution < -0.4 is 10.2 Å². The molecule has 1 aromatic heterocycles. The Hall–Kier alpha value is -1.62. The smallest absolute Gasteiger partial charge is 0.251 e. The zero-order valence-corrected chi connectivity index (χ0v) is 11.0. The third-order valence-corrected chi connectivity index (χ3v) is 2.59. The van der Waals surface area contributed by atoms with Gasteiger partial charge in [0.05, 0.1) is 0 Å². The lowest BCUT2D eigenvalue weighted by Crippen LogP contribution is -2.25. The molecule has 0 aliphatic carbocycles. The Morgan fingerprint density at radius 1 is 1.39 bits per heavy atom. The fourth-order valence-corrected chi connectivity index (χ4v) is 1.52. The van der Waals surface area contributed by atoms with Crippen LogP contribution in [0, 0.1) is 0 Å².